The number of benzene rings is 1. The van der Waals surface area contributed by atoms with Crippen molar-refractivity contribution < 1.29 is 0 Å². The molecule has 1 heterocycles. The van der Waals surface area contributed by atoms with Gasteiger partial charge in [-0.2, -0.15) is 0 Å². The van der Waals surface area contributed by atoms with Crippen molar-refractivity contribution in [3.63, 3.8) is 0 Å². The van der Waals surface area contributed by atoms with Gasteiger partial charge in [0.15, 0.2) is 0 Å². The molecule has 0 aromatic heterocycles. The molecule has 100 valence electrons. The molecule has 0 aliphatic carbocycles. The summed E-state index contributed by atoms with van der Waals surface area (Å²) in [6.07, 6.45) is 3.63. The van der Waals surface area contributed by atoms with Gasteiger partial charge in [0.25, 0.3) is 0 Å². The van der Waals surface area contributed by atoms with Gasteiger partial charge in [-0.25, -0.2) is 0 Å². The van der Waals surface area contributed by atoms with Crippen molar-refractivity contribution in [3.8, 4) is 0 Å². The first-order valence-corrected chi connectivity index (χ1v) is 7.41. The van der Waals surface area contributed by atoms with Crippen molar-refractivity contribution in [2.75, 3.05) is 6.54 Å². The Morgan fingerprint density at radius 1 is 1.17 bits per heavy atom. The van der Waals surface area contributed by atoms with Gasteiger partial charge in [0, 0.05) is 6.04 Å². The van der Waals surface area contributed by atoms with E-state index in [1.165, 1.54) is 24.8 Å². The van der Waals surface area contributed by atoms with Crippen LogP contribution in [0.3, 0.4) is 0 Å². The molecule has 0 radical (unpaired) electrons. The molecule has 1 atom stereocenters. The largest absolute Gasteiger partial charge is 0.310 e. The summed E-state index contributed by atoms with van der Waals surface area (Å²) in [5.74, 6) is 1.49. The Bertz CT molecular complexity index is 393. The maximum absolute atomic E-state index is 3.69. The van der Waals surface area contributed by atoms with Crippen LogP contribution in [-0.2, 0) is 12.8 Å². The predicted molar refractivity (Wildman–Crippen MR) is 78.9 cm³/mol. The molecule has 0 spiro atoms. The monoisotopic (exact) mass is 245 g/mol. The summed E-state index contributed by atoms with van der Waals surface area (Å²) >= 11 is 0. The fourth-order valence-corrected chi connectivity index (χ4v) is 2.97. The third-order valence-corrected chi connectivity index (χ3v) is 3.72. The zero-order valence-corrected chi connectivity index (χ0v) is 12.3. The molecule has 1 unspecified atom stereocenters. The van der Waals surface area contributed by atoms with Crippen LogP contribution in [0.1, 0.15) is 56.8 Å². The Hall–Kier alpha value is -0.820. The van der Waals surface area contributed by atoms with Gasteiger partial charge in [0.1, 0.15) is 0 Å². The SMILES string of the molecule is CC(C)Cc1ccc2c(c1)C(CC(C)C)NCC2. The highest BCUT2D eigenvalue weighted by Gasteiger charge is 2.20. The fourth-order valence-electron chi connectivity index (χ4n) is 2.97. The molecule has 0 bridgehead atoms. The van der Waals surface area contributed by atoms with Crippen LogP contribution >= 0.6 is 0 Å². The molecule has 0 fully saturated rings. The number of fused-ring (bicyclic) bond motifs is 1. The number of hydrogen-bond donors (Lipinski definition) is 1. The van der Waals surface area contributed by atoms with Crippen LogP contribution in [-0.4, -0.2) is 6.54 Å². The highest BCUT2D eigenvalue weighted by molar-refractivity contribution is 5.36. The molecule has 0 saturated carbocycles. The molecule has 1 heteroatoms. The maximum atomic E-state index is 3.69. The van der Waals surface area contributed by atoms with Crippen molar-refractivity contribution in [1.82, 2.24) is 5.32 Å². The van der Waals surface area contributed by atoms with E-state index in [1.807, 2.05) is 0 Å². The lowest BCUT2D eigenvalue weighted by Crippen LogP contribution is -2.30. The minimum absolute atomic E-state index is 0.570. The van der Waals surface area contributed by atoms with Crippen LogP contribution in [0.2, 0.25) is 0 Å². The van der Waals surface area contributed by atoms with E-state index < -0.39 is 0 Å². The van der Waals surface area contributed by atoms with Crippen LogP contribution in [0.5, 0.6) is 0 Å². The highest BCUT2D eigenvalue weighted by Crippen LogP contribution is 2.29. The molecule has 2 rings (SSSR count). The summed E-state index contributed by atoms with van der Waals surface area (Å²) in [5.41, 5.74) is 4.63. The summed E-state index contributed by atoms with van der Waals surface area (Å²) in [5, 5.41) is 3.69. The first kappa shape index (κ1) is 13.6. The smallest absolute Gasteiger partial charge is 0.0325 e. The Morgan fingerprint density at radius 3 is 2.61 bits per heavy atom. The molecule has 1 aliphatic heterocycles. The Morgan fingerprint density at radius 2 is 1.94 bits per heavy atom. The van der Waals surface area contributed by atoms with Crippen molar-refractivity contribution in [2.24, 2.45) is 11.8 Å². The average Bonchev–Trinajstić information content (AvgIpc) is 2.28. The Labute approximate surface area is 112 Å². The predicted octanol–water partition coefficient (Wildman–Crippen LogP) is 4.12. The summed E-state index contributed by atoms with van der Waals surface area (Å²) in [7, 11) is 0. The van der Waals surface area contributed by atoms with Crippen molar-refractivity contribution in [3.05, 3.63) is 34.9 Å². The molecule has 1 aromatic carbocycles. The molecule has 1 aromatic rings. The molecule has 1 aliphatic rings. The van der Waals surface area contributed by atoms with Gasteiger partial charge >= 0.3 is 0 Å². The van der Waals surface area contributed by atoms with Crippen LogP contribution in [0.25, 0.3) is 0 Å². The zero-order chi connectivity index (χ0) is 13.1. The lowest BCUT2D eigenvalue weighted by atomic mass is 9.87. The van der Waals surface area contributed by atoms with Crippen LogP contribution < -0.4 is 5.32 Å². The Balaban J connectivity index is 2.23. The zero-order valence-electron chi connectivity index (χ0n) is 12.3. The topological polar surface area (TPSA) is 12.0 Å². The number of nitrogens with one attached hydrogen (secondary N) is 1. The molecular formula is C17H27N. The van der Waals surface area contributed by atoms with Crippen LogP contribution in [0.4, 0.5) is 0 Å². The van der Waals surface area contributed by atoms with E-state index in [9.17, 15) is 0 Å². The third-order valence-electron chi connectivity index (χ3n) is 3.72. The molecule has 18 heavy (non-hydrogen) atoms. The highest BCUT2D eigenvalue weighted by atomic mass is 14.9. The van der Waals surface area contributed by atoms with Gasteiger partial charge in [0.05, 0.1) is 0 Å². The number of hydrogen-bond acceptors (Lipinski definition) is 1. The van der Waals surface area contributed by atoms with Gasteiger partial charge in [-0.1, -0.05) is 45.9 Å². The second-order valence-corrected chi connectivity index (χ2v) is 6.52. The fraction of sp³-hybridized carbons (Fsp3) is 0.647. The van der Waals surface area contributed by atoms with E-state index in [-0.39, 0.29) is 0 Å². The molecule has 1 nitrogen and oxygen atoms in total. The normalized spacial score (nSPS) is 19.3. The van der Waals surface area contributed by atoms with E-state index in [0.29, 0.717) is 6.04 Å². The van der Waals surface area contributed by atoms with Gasteiger partial charge in [-0.15, -0.1) is 0 Å². The molecule has 1 N–H and O–H groups in total. The lowest BCUT2D eigenvalue weighted by molar-refractivity contribution is 0.414. The van der Waals surface area contributed by atoms with Crippen LogP contribution in [0, 0.1) is 11.8 Å². The van der Waals surface area contributed by atoms with E-state index in [2.05, 4.69) is 51.2 Å². The van der Waals surface area contributed by atoms with Gasteiger partial charge in [-0.05, 0) is 54.3 Å². The van der Waals surface area contributed by atoms with E-state index in [0.717, 1.165) is 18.4 Å². The molecule has 0 amide bonds. The van der Waals surface area contributed by atoms with Gasteiger partial charge in [-0.3, -0.25) is 0 Å². The van der Waals surface area contributed by atoms with Crippen molar-refractivity contribution in [2.45, 2.75) is 53.0 Å². The summed E-state index contributed by atoms with van der Waals surface area (Å²) in [4.78, 5) is 0. The van der Waals surface area contributed by atoms with E-state index in [1.54, 1.807) is 11.1 Å². The molecule has 0 saturated heterocycles. The maximum Gasteiger partial charge on any atom is 0.0325 e. The van der Waals surface area contributed by atoms with Crippen LogP contribution in [0.15, 0.2) is 18.2 Å². The van der Waals surface area contributed by atoms with Crippen molar-refractivity contribution in [1.29, 1.82) is 0 Å². The first-order chi connectivity index (χ1) is 8.56. The quantitative estimate of drug-likeness (QED) is 0.841. The summed E-state index contributed by atoms with van der Waals surface area (Å²) in [6.45, 7) is 10.3. The minimum atomic E-state index is 0.570. The average molecular weight is 245 g/mol. The number of rotatable bonds is 4. The van der Waals surface area contributed by atoms with E-state index in [4.69, 9.17) is 0 Å². The third kappa shape index (κ3) is 3.35. The van der Waals surface area contributed by atoms with E-state index >= 15 is 0 Å². The first-order valence-electron chi connectivity index (χ1n) is 7.41. The Kier molecular flexibility index (Phi) is 4.45. The van der Waals surface area contributed by atoms with Crippen molar-refractivity contribution >= 4 is 0 Å². The minimum Gasteiger partial charge on any atom is -0.310 e. The second-order valence-electron chi connectivity index (χ2n) is 6.52. The second kappa shape index (κ2) is 5.88. The summed E-state index contributed by atoms with van der Waals surface area (Å²) in [6, 6.07) is 7.72. The standard InChI is InChI=1S/C17H27N/c1-12(2)9-14-5-6-15-7-8-18-17(10-13(3)4)16(15)11-14/h5-6,11-13,17-18H,7-10H2,1-4H3. The lowest BCUT2D eigenvalue weighted by Gasteiger charge is -2.29. The molecular weight excluding hydrogens is 218 g/mol. The van der Waals surface area contributed by atoms with Gasteiger partial charge < -0.3 is 5.32 Å². The summed E-state index contributed by atoms with van der Waals surface area (Å²) < 4.78 is 0. The van der Waals surface area contributed by atoms with Gasteiger partial charge in [0.2, 0.25) is 0 Å².